The zero-order valence-corrected chi connectivity index (χ0v) is 12.4. The van der Waals surface area contributed by atoms with Crippen LogP contribution in [0.15, 0.2) is 18.2 Å². The number of ether oxygens (including phenoxy) is 2. The van der Waals surface area contributed by atoms with Gasteiger partial charge in [-0.15, -0.1) is 0 Å². The number of hydrogen-bond donors (Lipinski definition) is 1. The van der Waals surface area contributed by atoms with E-state index >= 15 is 0 Å². The second-order valence-corrected chi connectivity index (χ2v) is 5.95. The molecule has 0 amide bonds. The number of fused-ring (bicyclic) bond motifs is 1. The summed E-state index contributed by atoms with van der Waals surface area (Å²) in [6.45, 7) is 0.809. The highest BCUT2D eigenvalue weighted by atomic mass is 16.5. The van der Waals surface area contributed by atoms with Crippen LogP contribution in [0.2, 0.25) is 0 Å². The SMILES string of the molecule is COc1ccc2c(c1)C(NC1CCCCCC1)CCO2. The number of rotatable bonds is 3. The van der Waals surface area contributed by atoms with Crippen LogP contribution >= 0.6 is 0 Å². The monoisotopic (exact) mass is 275 g/mol. The van der Waals surface area contributed by atoms with Crippen LogP contribution in [0.3, 0.4) is 0 Å². The molecular formula is C17H25NO2. The zero-order valence-electron chi connectivity index (χ0n) is 12.4. The largest absolute Gasteiger partial charge is 0.497 e. The molecule has 1 aliphatic carbocycles. The number of hydrogen-bond acceptors (Lipinski definition) is 3. The van der Waals surface area contributed by atoms with E-state index < -0.39 is 0 Å². The first-order valence-corrected chi connectivity index (χ1v) is 7.93. The maximum atomic E-state index is 5.77. The van der Waals surface area contributed by atoms with Gasteiger partial charge < -0.3 is 14.8 Å². The van der Waals surface area contributed by atoms with Crippen LogP contribution in [0.4, 0.5) is 0 Å². The fourth-order valence-corrected chi connectivity index (χ4v) is 3.40. The standard InChI is InChI=1S/C17H25NO2/c1-19-14-8-9-17-15(12-14)16(10-11-20-17)18-13-6-4-2-3-5-7-13/h8-9,12-13,16,18H,2-7,10-11H2,1H3. The highest BCUT2D eigenvalue weighted by Gasteiger charge is 2.24. The minimum Gasteiger partial charge on any atom is -0.497 e. The summed E-state index contributed by atoms with van der Waals surface area (Å²) >= 11 is 0. The quantitative estimate of drug-likeness (QED) is 0.850. The molecule has 1 aromatic carbocycles. The first-order valence-electron chi connectivity index (χ1n) is 7.93. The molecule has 110 valence electrons. The number of benzene rings is 1. The van der Waals surface area contributed by atoms with E-state index in [-0.39, 0.29) is 0 Å². The first kappa shape index (κ1) is 13.7. The average Bonchev–Trinajstić information content (AvgIpc) is 2.76. The second kappa shape index (κ2) is 6.49. The summed E-state index contributed by atoms with van der Waals surface area (Å²) in [5.74, 6) is 1.94. The van der Waals surface area contributed by atoms with Crippen molar-refractivity contribution in [3.63, 3.8) is 0 Å². The Hall–Kier alpha value is -1.22. The van der Waals surface area contributed by atoms with E-state index in [2.05, 4.69) is 11.4 Å². The van der Waals surface area contributed by atoms with Crippen LogP contribution in [-0.4, -0.2) is 19.8 Å². The summed E-state index contributed by atoms with van der Waals surface area (Å²) in [5, 5.41) is 3.87. The van der Waals surface area contributed by atoms with Crippen molar-refractivity contribution in [2.75, 3.05) is 13.7 Å². The minimum atomic E-state index is 0.414. The maximum absolute atomic E-state index is 5.77. The Labute approximate surface area is 121 Å². The Morgan fingerprint density at radius 1 is 1.10 bits per heavy atom. The van der Waals surface area contributed by atoms with Crippen LogP contribution in [0.1, 0.15) is 56.6 Å². The van der Waals surface area contributed by atoms with E-state index in [1.54, 1.807) is 7.11 Å². The third kappa shape index (κ3) is 3.09. The Bertz CT molecular complexity index is 439. The van der Waals surface area contributed by atoms with Gasteiger partial charge in [-0.1, -0.05) is 25.7 Å². The van der Waals surface area contributed by atoms with E-state index in [1.807, 2.05) is 12.1 Å². The van der Waals surface area contributed by atoms with Gasteiger partial charge in [0.2, 0.25) is 0 Å². The maximum Gasteiger partial charge on any atom is 0.124 e. The van der Waals surface area contributed by atoms with E-state index in [9.17, 15) is 0 Å². The van der Waals surface area contributed by atoms with E-state index in [1.165, 1.54) is 44.1 Å². The molecule has 0 radical (unpaired) electrons. The Morgan fingerprint density at radius 2 is 1.90 bits per heavy atom. The minimum absolute atomic E-state index is 0.414. The van der Waals surface area contributed by atoms with Crippen LogP contribution in [0, 0.1) is 0 Å². The predicted octanol–water partition coefficient (Wildman–Crippen LogP) is 3.83. The molecule has 3 nitrogen and oxygen atoms in total. The molecule has 1 heterocycles. The topological polar surface area (TPSA) is 30.5 Å². The van der Waals surface area contributed by atoms with Gasteiger partial charge in [0.05, 0.1) is 13.7 Å². The van der Waals surface area contributed by atoms with Gasteiger partial charge in [0.15, 0.2) is 0 Å². The molecule has 0 saturated heterocycles. The van der Waals surface area contributed by atoms with Crippen LogP contribution < -0.4 is 14.8 Å². The van der Waals surface area contributed by atoms with Gasteiger partial charge in [-0.25, -0.2) is 0 Å². The molecular weight excluding hydrogens is 250 g/mol. The van der Waals surface area contributed by atoms with Crippen molar-refractivity contribution < 1.29 is 9.47 Å². The Morgan fingerprint density at radius 3 is 2.65 bits per heavy atom. The van der Waals surface area contributed by atoms with Gasteiger partial charge in [0, 0.05) is 24.1 Å². The lowest BCUT2D eigenvalue weighted by molar-refractivity contribution is 0.239. The molecule has 2 aliphatic rings. The highest BCUT2D eigenvalue weighted by Crippen LogP contribution is 2.35. The first-order chi connectivity index (χ1) is 9.86. The fraction of sp³-hybridized carbons (Fsp3) is 0.647. The van der Waals surface area contributed by atoms with Crippen molar-refractivity contribution in [3.8, 4) is 11.5 Å². The summed E-state index contributed by atoms with van der Waals surface area (Å²) in [4.78, 5) is 0. The lowest BCUT2D eigenvalue weighted by atomic mass is 9.97. The van der Waals surface area contributed by atoms with E-state index in [0.717, 1.165) is 24.5 Å². The average molecular weight is 275 g/mol. The van der Waals surface area contributed by atoms with Gasteiger partial charge >= 0.3 is 0 Å². The van der Waals surface area contributed by atoms with Gasteiger partial charge in [-0.2, -0.15) is 0 Å². The smallest absolute Gasteiger partial charge is 0.124 e. The summed E-state index contributed by atoms with van der Waals surface area (Å²) in [6.07, 6.45) is 9.22. The van der Waals surface area contributed by atoms with Crippen molar-refractivity contribution in [2.24, 2.45) is 0 Å². The van der Waals surface area contributed by atoms with Crippen molar-refractivity contribution in [1.29, 1.82) is 0 Å². The van der Waals surface area contributed by atoms with Gasteiger partial charge in [0.1, 0.15) is 11.5 Å². The number of methoxy groups -OCH3 is 1. The lowest BCUT2D eigenvalue weighted by Gasteiger charge is -2.30. The van der Waals surface area contributed by atoms with Crippen molar-refractivity contribution in [3.05, 3.63) is 23.8 Å². The van der Waals surface area contributed by atoms with Gasteiger partial charge in [-0.3, -0.25) is 0 Å². The molecule has 0 bridgehead atoms. The molecule has 20 heavy (non-hydrogen) atoms. The molecule has 1 N–H and O–H groups in total. The third-order valence-electron chi connectivity index (χ3n) is 4.55. The fourth-order valence-electron chi connectivity index (χ4n) is 3.40. The molecule has 3 rings (SSSR count). The van der Waals surface area contributed by atoms with Gasteiger partial charge in [0.25, 0.3) is 0 Å². The molecule has 1 fully saturated rings. The van der Waals surface area contributed by atoms with Crippen LogP contribution in [-0.2, 0) is 0 Å². The number of nitrogens with one attached hydrogen (secondary N) is 1. The highest BCUT2D eigenvalue weighted by molar-refractivity contribution is 5.43. The third-order valence-corrected chi connectivity index (χ3v) is 4.55. The zero-order chi connectivity index (χ0) is 13.8. The summed E-state index contributed by atoms with van der Waals surface area (Å²) < 4.78 is 11.1. The molecule has 1 aliphatic heterocycles. The Balaban J connectivity index is 1.74. The summed E-state index contributed by atoms with van der Waals surface area (Å²) in [6, 6.07) is 7.22. The molecule has 1 saturated carbocycles. The van der Waals surface area contributed by atoms with Crippen molar-refractivity contribution in [2.45, 2.75) is 57.0 Å². The van der Waals surface area contributed by atoms with Gasteiger partial charge in [-0.05, 0) is 31.0 Å². The second-order valence-electron chi connectivity index (χ2n) is 5.95. The lowest BCUT2D eigenvalue weighted by Crippen LogP contribution is -2.35. The molecule has 1 aromatic rings. The van der Waals surface area contributed by atoms with Crippen molar-refractivity contribution in [1.82, 2.24) is 5.32 Å². The molecule has 1 unspecified atom stereocenters. The summed E-state index contributed by atoms with van der Waals surface area (Å²) in [5.41, 5.74) is 1.26. The summed E-state index contributed by atoms with van der Waals surface area (Å²) in [7, 11) is 1.72. The molecule has 3 heteroatoms. The van der Waals surface area contributed by atoms with E-state index in [0.29, 0.717) is 12.1 Å². The van der Waals surface area contributed by atoms with Crippen molar-refractivity contribution >= 4 is 0 Å². The van der Waals surface area contributed by atoms with Crippen LogP contribution in [0.5, 0.6) is 11.5 Å². The molecule has 0 spiro atoms. The normalized spacial score (nSPS) is 23.6. The van der Waals surface area contributed by atoms with E-state index in [4.69, 9.17) is 9.47 Å². The van der Waals surface area contributed by atoms with Crippen LogP contribution in [0.25, 0.3) is 0 Å². The molecule has 1 atom stereocenters. The predicted molar refractivity (Wildman–Crippen MR) is 80.5 cm³/mol. The molecule has 0 aromatic heterocycles. The Kier molecular flexibility index (Phi) is 4.46.